The van der Waals surface area contributed by atoms with Crippen molar-refractivity contribution < 1.29 is 37.5 Å². The van der Waals surface area contributed by atoms with Crippen LogP contribution in [0.5, 0.6) is 0 Å². The summed E-state index contributed by atoms with van der Waals surface area (Å²) in [5, 5.41) is 29.5. The summed E-state index contributed by atoms with van der Waals surface area (Å²) in [6.45, 7) is 0. The largest absolute Gasteiger partial charge is 2.00 e. The Morgan fingerprint density at radius 2 is 1.04 bits per heavy atom. The maximum Gasteiger partial charge on any atom is 2.00 e. The van der Waals surface area contributed by atoms with Gasteiger partial charge in [-0.15, -0.1) is 0 Å². The molecule has 0 bridgehead atoms. The Morgan fingerprint density at radius 1 is 0.800 bits per heavy atom. The van der Waals surface area contributed by atoms with Gasteiger partial charge < -0.3 is 52.1 Å². The number of aromatic amines is 2. The number of H-pyrrole nitrogens is 2. The van der Waals surface area contributed by atoms with Gasteiger partial charge in [-0.2, -0.15) is 9.97 Å². The fraction of sp³-hybridized carbons (Fsp3) is 0. The van der Waals surface area contributed by atoms with Crippen LogP contribution in [0.3, 0.4) is 0 Å². The number of anilines is 2. The molecule has 0 unspecified atom stereocenters. The molecular formula is C8H10CdN8O8. The molecule has 0 saturated carbocycles. The van der Waals surface area contributed by atoms with E-state index in [2.05, 4.69) is 19.9 Å². The molecule has 0 aliphatic carbocycles. The molecule has 16 nitrogen and oxygen atoms in total. The van der Waals surface area contributed by atoms with Gasteiger partial charge in [0.1, 0.15) is 11.6 Å². The predicted octanol–water partition coefficient (Wildman–Crippen LogP) is -1.78. The van der Waals surface area contributed by atoms with Gasteiger partial charge in [0.15, 0.2) is 0 Å². The third-order valence-corrected chi connectivity index (χ3v) is 1.38. The molecule has 0 amide bonds. The van der Waals surface area contributed by atoms with E-state index in [0.29, 0.717) is 0 Å². The molecule has 132 valence electrons. The van der Waals surface area contributed by atoms with Gasteiger partial charge in [0.2, 0.25) is 0 Å². The van der Waals surface area contributed by atoms with E-state index in [9.17, 15) is 9.59 Å². The number of rotatable bonds is 0. The standard InChI is InChI=1S/2C4H5N3O.Cd.2NO3/c2*5-3-1-2-6-4(8)7-3;;2*2-1(3)4/h2*1-2H,(H3,5,6,7,8);;;/q;;+2;2*-1. The molecule has 6 N–H and O–H groups in total. The average molecular weight is 459 g/mol. The SMILES string of the molecule is Nc1cc[nH]c(=O)n1.Nc1cc[nH]c(=O)n1.O=[N+]([O-])[O-].O=[N+]([O-])[O-].[Cd+2]. The maximum absolute atomic E-state index is 10.2. The van der Waals surface area contributed by atoms with E-state index in [1.807, 2.05) is 0 Å². The summed E-state index contributed by atoms with van der Waals surface area (Å²) in [5.74, 6) is 0.488. The molecule has 17 heteroatoms. The molecule has 2 aromatic heterocycles. The fourth-order valence-corrected chi connectivity index (χ4v) is 0.770. The van der Waals surface area contributed by atoms with E-state index >= 15 is 0 Å². The van der Waals surface area contributed by atoms with Crippen LogP contribution in [-0.2, 0) is 27.3 Å². The second kappa shape index (κ2) is 15.6. The summed E-state index contributed by atoms with van der Waals surface area (Å²) < 4.78 is 0. The zero-order valence-electron chi connectivity index (χ0n) is 12.2. The van der Waals surface area contributed by atoms with Crippen molar-refractivity contribution in [2.75, 3.05) is 11.5 Å². The van der Waals surface area contributed by atoms with E-state index in [0.717, 1.165) is 0 Å². The van der Waals surface area contributed by atoms with Crippen LogP contribution in [0.15, 0.2) is 34.1 Å². The molecule has 0 radical (unpaired) electrons. The molecule has 0 aliphatic rings. The van der Waals surface area contributed by atoms with E-state index in [1.54, 1.807) is 0 Å². The quantitative estimate of drug-likeness (QED) is 0.194. The van der Waals surface area contributed by atoms with Crippen molar-refractivity contribution in [1.82, 2.24) is 19.9 Å². The number of nitrogen functional groups attached to an aromatic ring is 2. The Hall–Kier alpha value is -3.32. The summed E-state index contributed by atoms with van der Waals surface area (Å²) in [4.78, 5) is 48.3. The van der Waals surface area contributed by atoms with E-state index in [1.165, 1.54) is 24.5 Å². The first-order chi connectivity index (χ1) is 11.0. The second-order valence-corrected chi connectivity index (χ2v) is 3.09. The molecule has 0 aliphatic heterocycles. The minimum Gasteiger partial charge on any atom is -0.383 e. The Kier molecular flexibility index (Phi) is 16.6. The normalized spacial score (nSPS) is 7.68. The van der Waals surface area contributed by atoms with Gasteiger partial charge in [0, 0.05) is 12.4 Å². The van der Waals surface area contributed by atoms with Crippen LogP contribution in [-0.4, -0.2) is 30.1 Å². The molecule has 0 aromatic carbocycles. The van der Waals surface area contributed by atoms with Gasteiger partial charge in [0.25, 0.3) is 0 Å². The first kappa shape index (κ1) is 26.6. The van der Waals surface area contributed by atoms with Crippen molar-refractivity contribution in [2.24, 2.45) is 0 Å². The number of hydrogen-bond acceptors (Lipinski definition) is 12. The average Bonchev–Trinajstić information content (AvgIpc) is 2.37. The first-order valence-electron chi connectivity index (χ1n) is 5.30. The van der Waals surface area contributed by atoms with Crippen LogP contribution in [0.2, 0.25) is 0 Å². The molecule has 0 fully saturated rings. The molecule has 2 heterocycles. The van der Waals surface area contributed by atoms with Gasteiger partial charge in [-0.05, 0) is 12.1 Å². The van der Waals surface area contributed by atoms with Crippen LogP contribution < -0.4 is 22.8 Å². The zero-order chi connectivity index (χ0) is 19.1. The van der Waals surface area contributed by atoms with E-state index < -0.39 is 21.6 Å². The van der Waals surface area contributed by atoms with Crippen molar-refractivity contribution in [1.29, 1.82) is 0 Å². The number of hydrogen-bond donors (Lipinski definition) is 4. The van der Waals surface area contributed by atoms with Crippen molar-refractivity contribution in [3.05, 3.63) is 76.1 Å². The smallest absolute Gasteiger partial charge is 0.383 e. The molecule has 0 saturated heterocycles. The van der Waals surface area contributed by atoms with Crippen LogP contribution >= 0.6 is 0 Å². The molecule has 2 aromatic rings. The van der Waals surface area contributed by atoms with Gasteiger partial charge >= 0.3 is 38.7 Å². The summed E-state index contributed by atoms with van der Waals surface area (Å²) in [5.41, 5.74) is 9.43. The van der Waals surface area contributed by atoms with E-state index in [4.69, 9.17) is 42.1 Å². The summed E-state index contributed by atoms with van der Waals surface area (Å²) >= 11 is 0. The summed E-state index contributed by atoms with van der Waals surface area (Å²) in [6.07, 6.45) is 2.90. The monoisotopic (exact) mass is 460 g/mol. The van der Waals surface area contributed by atoms with Crippen molar-refractivity contribution in [3.8, 4) is 0 Å². The first-order valence-corrected chi connectivity index (χ1v) is 5.30. The van der Waals surface area contributed by atoms with Crippen LogP contribution in [0.4, 0.5) is 11.6 Å². The van der Waals surface area contributed by atoms with Crippen LogP contribution in [0, 0.1) is 30.6 Å². The Balaban J connectivity index is -0.000000270. The minimum absolute atomic E-state index is 0. The Bertz CT molecular complexity index is 677. The number of nitrogens with zero attached hydrogens (tertiary/aromatic N) is 4. The van der Waals surface area contributed by atoms with Gasteiger partial charge in [-0.1, -0.05) is 0 Å². The van der Waals surface area contributed by atoms with Crippen molar-refractivity contribution in [2.45, 2.75) is 0 Å². The maximum atomic E-state index is 10.2. The van der Waals surface area contributed by atoms with E-state index in [-0.39, 0.29) is 38.9 Å². The van der Waals surface area contributed by atoms with Gasteiger partial charge in [0.05, 0.1) is 10.2 Å². The van der Waals surface area contributed by atoms with Crippen molar-refractivity contribution in [3.63, 3.8) is 0 Å². The minimum atomic E-state index is -1.75. The summed E-state index contributed by atoms with van der Waals surface area (Å²) in [7, 11) is 0. The van der Waals surface area contributed by atoms with Crippen molar-refractivity contribution >= 4 is 11.6 Å². The number of aromatic nitrogens is 4. The zero-order valence-corrected chi connectivity index (χ0v) is 16.3. The summed E-state index contributed by atoms with van der Waals surface area (Å²) in [6, 6.07) is 3.03. The van der Waals surface area contributed by atoms with Gasteiger partial charge in [-0.25, -0.2) is 9.59 Å². The Morgan fingerprint density at radius 3 is 1.16 bits per heavy atom. The molecule has 0 spiro atoms. The predicted molar refractivity (Wildman–Crippen MR) is 79.3 cm³/mol. The molecule has 0 atom stereocenters. The molecule has 25 heavy (non-hydrogen) atoms. The Labute approximate surface area is 156 Å². The van der Waals surface area contributed by atoms with Gasteiger partial charge in [-0.3, -0.25) is 0 Å². The fourth-order valence-electron chi connectivity index (χ4n) is 0.770. The molecular weight excluding hydrogens is 449 g/mol. The number of nitrogens with two attached hydrogens (primary N) is 2. The third kappa shape index (κ3) is 25.9. The van der Waals surface area contributed by atoms with Crippen LogP contribution in [0.25, 0.3) is 0 Å². The number of nitrogens with one attached hydrogen (secondary N) is 2. The third-order valence-electron chi connectivity index (χ3n) is 1.38. The van der Waals surface area contributed by atoms with Crippen LogP contribution in [0.1, 0.15) is 0 Å². The molecule has 2 rings (SSSR count). The second-order valence-electron chi connectivity index (χ2n) is 3.09. The topological polar surface area (TPSA) is 276 Å².